The van der Waals surface area contributed by atoms with E-state index in [1.807, 2.05) is 90.8 Å². The van der Waals surface area contributed by atoms with Crippen molar-refractivity contribution in [3.63, 3.8) is 0 Å². The molecule has 6 nitrogen and oxygen atoms in total. The predicted octanol–water partition coefficient (Wildman–Crippen LogP) is 5.83. The van der Waals surface area contributed by atoms with Crippen LogP contribution >= 0.6 is 23.4 Å². The fourth-order valence-electron chi connectivity index (χ4n) is 4.06. The zero-order chi connectivity index (χ0) is 24.4. The molecule has 2 heterocycles. The lowest BCUT2D eigenvalue weighted by Crippen LogP contribution is -2.25. The zero-order valence-corrected chi connectivity index (χ0v) is 20.6. The first-order chi connectivity index (χ1) is 17.0. The minimum atomic E-state index is -0.586. The van der Waals surface area contributed by atoms with Gasteiger partial charge in [-0.2, -0.15) is 10.1 Å². The van der Waals surface area contributed by atoms with E-state index in [2.05, 4.69) is 10.3 Å². The Morgan fingerprint density at radius 2 is 1.77 bits per heavy atom. The fraction of sp³-hybridized carbons (Fsp3) is 0.185. The number of carbonyl (C=O) groups is 2. The molecular weight excluding hydrogens is 480 g/mol. The van der Waals surface area contributed by atoms with E-state index in [1.54, 1.807) is 0 Å². The van der Waals surface area contributed by atoms with Crippen LogP contribution in [-0.2, 0) is 9.59 Å². The molecule has 0 radical (unpaired) electrons. The molecule has 35 heavy (non-hydrogen) atoms. The number of rotatable bonds is 5. The number of halogens is 1. The molecule has 2 amide bonds. The van der Waals surface area contributed by atoms with Crippen LogP contribution in [0, 0.1) is 6.92 Å². The minimum Gasteiger partial charge on any atom is -0.326 e. The maximum atomic E-state index is 12.7. The Labute approximate surface area is 213 Å². The van der Waals surface area contributed by atoms with Gasteiger partial charge in [0.2, 0.25) is 5.91 Å². The molecule has 3 aromatic carbocycles. The second-order valence-corrected chi connectivity index (χ2v) is 10.1. The van der Waals surface area contributed by atoms with E-state index >= 15 is 0 Å². The largest absolute Gasteiger partial charge is 0.326 e. The number of aryl methyl sites for hydroxylation is 1. The molecule has 0 saturated carbocycles. The van der Waals surface area contributed by atoms with Gasteiger partial charge in [0.1, 0.15) is 5.25 Å². The molecule has 8 heteroatoms. The van der Waals surface area contributed by atoms with Crippen LogP contribution in [0.15, 0.2) is 89.0 Å². The van der Waals surface area contributed by atoms with Crippen molar-refractivity contribution in [1.29, 1.82) is 0 Å². The molecule has 2 aliphatic heterocycles. The Balaban J connectivity index is 1.34. The number of carbonyl (C=O) groups excluding carboxylic acids is 2. The van der Waals surface area contributed by atoms with Crippen molar-refractivity contribution in [2.45, 2.75) is 31.1 Å². The van der Waals surface area contributed by atoms with Gasteiger partial charge < -0.3 is 5.32 Å². The van der Waals surface area contributed by atoms with Gasteiger partial charge in [0.15, 0.2) is 5.17 Å². The van der Waals surface area contributed by atoms with Gasteiger partial charge in [-0.3, -0.25) is 9.59 Å². The first-order valence-electron chi connectivity index (χ1n) is 11.3. The van der Waals surface area contributed by atoms with Crippen molar-refractivity contribution in [2.24, 2.45) is 10.1 Å². The molecule has 1 N–H and O–H groups in total. The summed E-state index contributed by atoms with van der Waals surface area (Å²) in [6.45, 7) is 1.99. The van der Waals surface area contributed by atoms with Crippen molar-refractivity contribution < 1.29 is 9.59 Å². The lowest BCUT2D eigenvalue weighted by Gasteiger charge is -2.23. The minimum absolute atomic E-state index is 0.0408. The summed E-state index contributed by atoms with van der Waals surface area (Å²) in [6.07, 6.45) is 0.705. The summed E-state index contributed by atoms with van der Waals surface area (Å²) in [7, 11) is 0. The summed E-state index contributed by atoms with van der Waals surface area (Å²) >= 11 is 7.39. The van der Waals surface area contributed by atoms with Gasteiger partial charge in [-0.25, -0.2) is 5.01 Å². The van der Waals surface area contributed by atoms with Crippen LogP contribution in [-0.4, -0.2) is 33.0 Å². The molecule has 0 fully saturated rings. The monoisotopic (exact) mass is 502 g/mol. The van der Waals surface area contributed by atoms with Crippen molar-refractivity contribution in [2.75, 3.05) is 5.32 Å². The molecule has 2 atom stereocenters. The highest BCUT2D eigenvalue weighted by Crippen LogP contribution is 2.38. The quantitative estimate of drug-likeness (QED) is 0.476. The third-order valence-electron chi connectivity index (χ3n) is 5.90. The molecule has 2 aliphatic rings. The number of benzene rings is 3. The van der Waals surface area contributed by atoms with Crippen LogP contribution in [0.2, 0.25) is 5.02 Å². The first kappa shape index (κ1) is 23.3. The Kier molecular flexibility index (Phi) is 6.70. The molecule has 0 saturated heterocycles. The van der Waals surface area contributed by atoms with Crippen LogP contribution in [0.3, 0.4) is 0 Å². The third-order valence-corrected chi connectivity index (χ3v) is 7.30. The normalized spacial score (nSPS) is 19.5. The zero-order valence-electron chi connectivity index (χ0n) is 19.0. The molecule has 3 aromatic rings. The molecule has 176 valence electrons. The number of nitrogens with one attached hydrogen (secondary N) is 1. The Bertz CT molecular complexity index is 1310. The first-order valence-corrected chi connectivity index (χ1v) is 12.6. The van der Waals surface area contributed by atoms with Crippen LogP contribution in [0.1, 0.15) is 35.6 Å². The average Bonchev–Trinajstić information content (AvgIpc) is 3.46. The van der Waals surface area contributed by atoms with Gasteiger partial charge in [0, 0.05) is 23.6 Å². The standard InChI is InChI=1S/C27H23ClN4O2S/c1-17-7-13-21(14-8-17)29-25(33)16-24-26(34)30-27(35-24)32-23(19-9-11-20(28)12-10-19)15-22(31-32)18-5-3-2-4-6-18/h2-14,23-24H,15-16H2,1H3,(H,29,33)/t23-,24-/m0/s1. The highest BCUT2D eigenvalue weighted by Gasteiger charge is 2.39. The highest BCUT2D eigenvalue weighted by molar-refractivity contribution is 8.15. The van der Waals surface area contributed by atoms with Crippen LogP contribution in [0.5, 0.6) is 0 Å². The summed E-state index contributed by atoms with van der Waals surface area (Å²) in [6, 6.07) is 25.0. The van der Waals surface area contributed by atoms with E-state index in [4.69, 9.17) is 16.7 Å². The summed E-state index contributed by atoms with van der Waals surface area (Å²) < 4.78 is 0. The maximum Gasteiger partial charge on any atom is 0.262 e. The van der Waals surface area contributed by atoms with Gasteiger partial charge in [0.25, 0.3) is 5.91 Å². The van der Waals surface area contributed by atoms with E-state index in [1.165, 1.54) is 11.8 Å². The van der Waals surface area contributed by atoms with Crippen LogP contribution in [0.4, 0.5) is 5.69 Å². The molecule has 0 spiro atoms. The van der Waals surface area contributed by atoms with Crippen LogP contribution < -0.4 is 5.32 Å². The van der Waals surface area contributed by atoms with Gasteiger partial charge in [0.05, 0.1) is 11.8 Å². The molecule has 0 unspecified atom stereocenters. The Hall–Kier alpha value is -3.42. The van der Waals surface area contributed by atoms with E-state index in [0.29, 0.717) is 22.3 Å². The van der Waals surface area contributed by atoms with Crippen LogP contribution in [0.25, 0.3) is 0 Å². The van der Waals surface area contributed by atoms with Crippen molar-refractivity contribution in [3.8, 4) is 0 Å². The number of thioether (sulfide) groups is 1. The number of hydrazone groups is 1. The number of aliphatic imine (C=N–C) groups is 1. The van der Waals surface area contributed by atoms with E-state index in [0.717, 1.165) is 22.4 Å². The van der Waals surface area contributed by atoms with Crippen molar-refractivity contribution in [1.82, 2.24) is 5.01 Å². The summed E-state index contributed by atoms with van der Waals surface area (Å²) in [5.74, 6) is -0.539. The van der Waals surface area contributed by atoms with Crippen molar-refractivity contribution >= 4 is 51.7 Å². The van der Waals surface area contributed by atoms with Crippen molar-refractivity contribution in [3.05, 3.63) is 101 Å². The number of anilines is 1. The van der Waals surface area contributed by atoms with Gasteiger partial charge in [-0.1, -0.05) is 83.5 Å². The summed E-state index contributed by atoms with van der Waals surface area (Å²) in [5.41, 5.74) is 4.79. The van der Waals surface area contributed by atoms with Gasteiger partial charge in [-0.05, 0) is 42.3 Å². The highest BCUT2D eigenvalue weighted by atomic mass is 35.5. The maximum absolute atomic E-state index is 12.7. The van der Waals surface area contributed by atoms with Gasteiger partial charge in [-0.15, -0.1) is 0 Å². The number of hydrogen-bond acceptors (Lipinski definition) is 5. The fourth-order valence-corrected chi connectivity index (χ4v) is 5.25. The smallest absolute Gasteiger partial charge is 0.262 e. The molecule has 5 rings (SSSR count). The molecule has 0 bridgehead atoms. The van der Waals surface area contributed by atoms with Gasteiger partial charge >= 0.3 is 0 Å². The number of amidine groups is 1. The number of nitrogens with zero attached hydrogens (tertiary/aromatic N) is 3. The molecule has 0 aromatic heterocycles. The predicted molar refractivity (Wildman–Crippen MR) is 142 cm³/mol. The number of amides is 2. The SMILES string of the molecule is Cc1ccc(NC(=O)C[C@@H]2SC(N3N=C(c4ccccc4)C[C@H]3c3ccc(Cl)cc3)=NC2=O)cc1. The molecular formula is C27H23ClN4O2S. The van der Waals surface area contributed by atoms with E-state index in [-0.39, 0.29) is 24.3 Å². The lowest BCUT2D eigenvalue weighted by atomic mass is 9.99. The lowest BCUT2D eigenvalue weighted by molar-refractivity contribution is -0.121. The summed E-state index contributed by atoms with van der Waals surface area (Å²) in [5, 5.41) is 10.1. The van der Waals surface area contributed by atoms with E-state index < -0.39 is 5.25 Å². The second-order valence-electron chi connectivity index (χ2n) is 8.49. The Morgan fingerprint density at radius 3 is 2.49 bits per heavy atom. The Morgan fingerprint density at radius 1 is 1.06 bits per heavy atom. The topological polar surface area (TPSA) is 74.1 Å². The number of hydrogen-bond donors (Lipinski definition) is 1. The third kappa shape index (κ3) is 5.31. The van der Waals surface area contributed by atoms with E-state index in [9.17, 15) is 9.59 Å². The second kappa shape index (κ2) is 10.1. The average molecular weight is 503 g/mol. The summed E-state index contributed by atoms with van der Waals surface area (Å²) in [4.78, 5) is 29.6. The molecule has 0 aliphatic carbocycles.